The standard InChI is InChI=1S/C33H44N4O3S/c1-20(2)12-24(19-40-29-14-28(36-32(34)37-29)30-21(3)8-6-9-22(30)4)31(23-10-7-11-27(13-23)41(38)39)25-15-33(16-25)17-26(18-33)35-5/h6-11,13-14,20,24-26,31,35,41H,12,15-19H2,1-5H3,(H2,34,36,37)/t24-,25?,26?,31?,33?/m1/s1. The molecule has 2 aliphatic carbocycles. The molecule has 1 unspecified atom stereocenters. The zero-order valence-electron chi connectivity index (χ0n) is 24.9. The molecule has 3 aromatic rings. The predicted octanol–water partition coefficient (Wildman–Crippen LogP) is 5.92. The first-order valence-electron chi connectivity index (χ1n) is 14.8. The van der Waals surface area contributed by atoms with Crippen molar-refractivity contribution >= 4 is 16.7 Å². The first-order valence-corrected chi connectivity index (χ1v) is 16.0. The summed E-state index contributed by atoms with van der Waals surface area (Å²) >= 11 is 0. The number of benzene rings is 2. The molecule has 0 amide bonds. The van der Waals surface area contributed by atoms with E-state index in [-0.39, 0.29) is 17.8 Å². The van der Waals surface area contributed by atoms with Crippen molar-refractivity contribution < 1.29 is 13.2 Å². The second-order valence-electron chi connectivity index (χ2n) is 12.9. The molecule has 1 aromatic heterocycles. The molecule has 0 aliphatic heterocycles. The molecular weight excluding hydrogens is 532 g/mol. The van der Waals surface area contributed by atoms with Crippen molar-refractivity contribution in [2.24, 2.45) is 23.2 Å². The van der Waals surface area contributed by atoms with E-state index in [0.29, 0.717) is 40.7 Å². The van der Waals surface area contributed by atoms with Crippen LogP contribution in [0.25, 0.3) is 11.3 Å². The number of thiol groups is 1. The number of rotatable bonds is 11. The highest BCUT2D eigenvalue weighted by molar-refractivity contribution is 7.72. The molecule has 2 aromatic carbocycles. The van der Waals surface area contributed by atoms with Gasteiger partial charge in [0.25, 0.3) is 0 Å². The Labute approximate surface area is 246 Å². The topological polar surface area (TPSA) is 107 Å². The minimum atomic E-state index is -2.65. The van der Waals surface area contributed by atoms with E-state index in [1.54, 1.807) is 6.07 Å². The number of nitrogen functional groups attached to an aromatic ring is 1. The first kappa shape index (κ1) is 29.5. The monoisotopic (exact) mass is 576 g/mol. The quantitative estimate of drug-likeness (QED) is 0.243. The lowest BCUT2D eigenvalue weighted by atomic mass is 9.46. The number of aryl methyl sites for hydroxylation is 2. The number of hydrogen-bond donors (Lipinski definition) is 3. The smallest absolute Gasteiger partial charge is 0.223 e. The van der Waals surface area contributed by atoms with E-state index >= 15 is 0 Å². The van der Waals surface area contributed by atoms with E-state index in [2.05, 4.69) is 61.2 Å². The SMILES string of the molecule is CNC1CC2(C1)CC(C(c1cccc([SH](=O)=O)c1)[C@@H](COc1cc(-c3c(C)cccc3C)nc(N)n1)CC(C)C)C2. The number of nitrogens with two attached hydrogens (primary N) is 1. The molecule has 2 fully saturated rings. The maximum Gasteiger partial charge on any atom is 0.223 e. The van der Waals surface area contributed by atoms with Gasteiger partial charge < -0.3 is 15.8 Å². The molecule has 1 heterocycles. The van der Waals surface area contributed by atoms with Gasteiger partial charge in [0, 0.05) is 23.6 Å². The molecule has 5 rings (SSSR count). The van der Waals surface area contributed by atoms with E-state index in [4.69, 9.17) is 10.5 Å². The van der Waals surface area contributed by atoms with Gasteiger partial charge in [0.1, 0.15) is 0 Å². The van der Waals surface area contributed by atoms with E-state index < -0.39 is 10.7 Å². The summed E-state index contributed by atoms with van der Waals surface area (Å²) in [4.78, 5) is 9.34. The summed E-state index contributed by atoms with van der Waals surface area (Å²) in [6, 6.07) is 16.2. The van der Waals surface area contributed by atoms with Crippen molar-refractivity contribution in [2.45, 2.75) is 76.7 Å². The van der Waals surface area contributed by atoms with E-state index in [1.807, 2.05) is 31.3 Å². The Morgan fingerprint density at radius 3 is 2.34 bits per heavy atom. The number of hydrogen-bond acceptors (Lipinski definition) is 7. The summed E-state index contributed by atoms with van der Waals surface area (Å²) in [7, 11) is -0.597. The van der Waals surface area contributed by atoms with Crippen LogP contribution in [0.4, 0.5) is 5.95 Å². The summed E-state index contributed by atoms with van der Waals surface area (Å²) < 4.78 is 30.3. The number of ether oxygens (including phenoxy) is 1. The molecule has 8 heteroatoms. The van der Waals surface area contributed by atoms with Crippen molar-refractivity contribution in [3.05, 3.63) is 65.2 Å². The Kier molecular flexibility index (Phi) is 8.71. The summed E-state index contributed by atoms with van der Waals surface area (Å²) in [5.74, 6) is 1.99. The molecule has 220 valence electrons. The van der Waals surface area contributed by atoms with Crippen molar-refractivity contribution in [1.82, 2.24) is 15.3 Å². The van der Waals surface area contributed by atoms with Crippen LogP contribution >= 0.6 is 0 Å². The van der Waals surface area contributed by atoms with Crippen LogP contribution in [0.2, 0.25) is 0 Å². The van der Waals surface area contributed by atoms with Crippen molar-refractivity contribution in [3.8, 4) is 17.1 Å². The Hall–Kier alpha value is -2.97. The number of nitrogens with zero attached hydrogens (tertiary/aromatic N) is 2. The molecular formula is C33H44N4O3S. The fourth-order valence-corrected chi connectivity index (χ4v) is 8.05. The number of anilines is 1. The van der Waals surface area contributed by atoms with E-state index in [0.717, 1.165) is 34.4 Å². The fourth-order valence-electron chi connectivity index (χ4n) is 7.58. The van der Waals surface area contributed by atoms with Gasteiger partial charge in [-0.2, -0.15) is 4.98 Å². The van der Waals surface area contributed by atoms with E-state index in [9.17, 15) is 8.42 Å². The van der Waals surface area contributed by atoms with Gasteiger partial charge in [0.15, 0.2) is 10.7 Å². The normalized spacial score (nSPS) is 23.3. The third-order valence-corrected chi connectivity index (χ3v) is 10.0. The first-order chi connectivity index (χ1) is 19.6. The fraction of sp³-hybridized carbons (Fsp3) is 0.515. The van der Waals surface area contributed by atoms with Crippen LogP contribution < -0.4 is 15.8 Å². The second kappa shape index (κ2) is 12.1. The van der Waals surface area contributed by atoms with Crippen molar-refractivity contribution in [3.63, 3.8) is 0 Å². The van der Waals surface area contributed by atoms with Gasteiger partial charge in [-0.25, -0.2) is 13.4 Å². The van der Waals surface area contributed by atoms with Gasteiger partial charge in [0.05, 0.1) is 17.2 Å². The lowest BCUT2D eigenvalue weighted by molar-refractivity contribution is -0.0676. The largest absolute Gasteiger partial charge is 0.477 e. The molecule has 2 saturated carbocycles. The maximum absolute atomic E-state index is 11.9. The molecule has 0 bridgehead atoms. The van der Waals surface area contributed by atoms with Crippen LogP contribution in [-0.4, -0.2) is 38.1 Å². The Morgan fingerprint density at radius 1 is 1.02 bits per heavy atom. The molecule has 41 heavy (non-hydrogen) atoms. The highest BCUT2D eigenvalue weighted by Gasteiger charge is 2.55. The van der Waals surface area contributed by atoms with Crippen LogP contribution in [0.3, 0.4) is 0 Å². The summed E-state index contributed by atoms with van der Waals surface area (Å²) in [6.07, 6.45) is 5.77. The third kappa shape index (κ3) is 6.44. The van der Waals surface area contributed by atoms with Gasteiger partial charge >= 0.3 is 0 Å². The second-order valence-corrected chi connectivity index (χ2v) is 13.9. The predicted molar refractivity (Wildman–Crippen MR) is 165 cm³/mol. The number of nitrogens with one attached hydrogen (secondary N) is 1. The Morgan fingerprint density at radius 2 is 1.71 bits per heavy atom. The van der Waals surface area contributed by atoms with Crippen LogP contribution in [-0.2, 0) is 10.7 Å². The lowest BCUT2D eigenvalue weighted by Gasteiger charge is -2.60. The third-order valence-electron chi connectivity index (χ3n) is 9.32. The zero-order chi connectivity index (χ0) is 29.3. The summed E-state index contributed by atoms with van der Waals surface area (Å²) in [5, 5.41) is 3.43. The molecule has 7 nitrogen and oxygen atoms in total. The minimum Gasteiger partial charge on any atom is -0.477 e. The molecule has 3 N–H and O–H groups in total. The highest BCUT2D eigenvalue weighted by atomic mass is 32.2. The van der Waals surface area contributed by atoms with E-state index in [1.165, 1.54) is 25.7 Å². The van der Waals surface area contributed by atoms with Crippen LogP contribution in [0.15, 0.2) is 53.4 Å². The van der Waals surface area contributed by atoms with Gasteiger partial charge in [0.2, 0.25) is 11.8 Å². The minimum absolute atomic E-state index is 0.189. The molecule has 2 aliphatic rings. The Bertz CT molecular complexity index is 1430. The van der Waals surface area contributed by atoms with Crippen molar-refractivity contribution in [1.29, 1.82) is 0 Å². The highest BCUT2D eigenvalue weighted by Crippen LogP contribution is 2.63. The Balaban J connectivity index is 1.44. The average molecular weight is 577 g/mol. The number of aromatic nitrogens is 2. The molecule has 0 saturated heterocycles. The average Bonchev–Trinajstić information content (AvgIpc) is 2.87. The van der Waals surface area contributed by atoms with Gasteiger partial charge in [-0.3, -0.25) is 0 Å². The summed E-state index contributed by atoms with van der Waals surface area (Å²) in [5.41, 5.74) is 11.8. The molecule has 0 radical (unpaired) electrons. The van der Waals surface area contributed by atoms with Crippen LogP contribution in [0, 0.1) is 37.0 Å². The van der Waals surface area contributed by atoms with Gasteiger partial charge in [-0.15, -0.1) is 0 Å². The molecule has 1 spiro atoms. The van der Waals surface area contributed by atoms with Gasteiger partial charge in [-0.1, -0.05) is 44.2 Å². The molecule has 2 atom stereocenters. The van der Waals surface area contributed by atoms with Crippen LogP contribution in [0.5, 0.6) is 5.88 Å². The van der Waals surface area contributed by atoms with Crippen molar-refractivity contribution in [2.75, 3.05) is 19.4 Å². The lowest BCUT2D eigenvalue weighted by Crippen LogP contribution is -2.55. The van der Waals surface area contributed by atoms with Gasteiger partial charge in [-0.05, 0) is 105 Å². The van der Waals surface area contributed by atoms with Crippen LogP contribution in [0.1, 0.15) is 68.6 Å². The zero-order valence-corrected chi connectivity index (χ0v) is 25.8. The summed E-state index contributed by atoms with van der Waals surface area (Å²) in [6.45, 7) is 9.09. The maximum atomic E-state index is 11.9.